The van der Waals surface area contributed by atoms with Crippen LogP contribution in [0.15, 0.2) is 18.2 Å². The van der Waals surface area contributed by atoms with E-state index in [1.165, 1.54) is 42.4 Å². The molecule has 1 nitrogen and oxygen atoms in total. The SMILES string of the molecule is CCCC(CCc1ccc(C)c(C)c1)NC. The number of benzene rings is 1. The van der Waals surface area contributed by atoms with Gasteiger partial charge in [0, 0.05) is 6.04 Å². The highest BCUT2D eigenvalue weighted by molar-refractivity contribution is 5.29. The van der Waals surface area contributed by atoms with Crippen LogP contribution < -0.4 is 5.32 Å². The highest BCUT2D eigenvalue weighted by atomic mass is 14.9. The average Bonchev–Trinajstić information content (AvgIpc) is 2.28. The predicted octanol–water partition coefficient (Wildman–Crippen LogP) is 3.62. The standard InChI is InChI=1S/C15H25N/c1-5-6-15(16-4)10-9-14-8-7-12(2)13(3)11-14/h7-8,11,15-16H,5-6,9-10H2,1-4H3. The maximum Gasteiger partial charge on any atom is 0.00671 e. The fraction of sp³-hybridized carbons (Fsp3) is 0.600. The summed E-state index contributed by atoms with van der Waals surface area (Å²) in [5.41, 5.74) is 4.27. The summed E-state index contributed by atoms with van der Waals surface area (Å²) < 4.78 is 0. The number of aryl methyl sites for hydroxylation is 3. The lowest BCUT2D eigenvalue weighted by molar-refractivity contribution is 0.484. The van der Waals surface area contributed by atoms with Gasteiger partial charge in [0.25, 0.3) is 0 Å². The number of nitrogens with one attached hydrogen (secondary N) is 1. The van der Waals surface area contributed by atoms with Gasteiger partial charge in [0.2, 0.25) is 0 Å². The second kappa shape index (κ2) is 6.70. The van der Waals surface area contributed by atoms with Crippen LogP contribution in [0.3, 0.4) is 0 Å². The summed E-state index contributed by atoms with van der Waals surface area (Å²) in [7, 11) is 2.07. The van der Waals surface area contributed by atoms with Crippen LogP contribution in [0.2, 0.25) is 0 Å². The molecule has 0 saturated heterocycles. The molecule has 1 aromatic carbocycles. The zero-order valence-electron chi connectivity index (χ0n) is 11.1. The summed E-state index contributed by atoms with van der Waals surface area (Å²) in [6, 6.07) is 7.50. The molecule has 1 N–H and O–H groups in total. The summed E-state index contributed by atoms with van der Waals surface area (Å²) in [6.07, 6.45) is 4.97. The molecule has 1 atom stereocenters. The Morgan fingerprint density at radius 1 is 1.12 bits per heavy atom. The Morgan fingerprint density at radius 2 is 1.88 bits per heavy atom. The molecular weight excluding hydrogens is 194 g/mol. The van der Waals surface area contributed by atoms with Crippen molar-refractivity contribution < 1.29 is 0 Å². The molecule has 1 aromatic rings. The minimum atomic E-state index is 0.673. The molecule has 90 valence electrons. The maximum atomic E-state index is 3.40. The van der Waals surface area contributed by atoms with Gasteiger partial charge in [0.05, 0.1) is 0 Å². The van der Waals surface area contributed by atoms with E-state index in [1.807, 2.05) is 0 Å². The highest BCUT2D eigenvalue weighted by Crippen LogP contribution is 2.13. The molecule has 0 fully saturated rings. The maximum absolute atomic E-state index is 3.40. The molecule has 0 aliphatic carbocycles. The van der Waals surface area contributed by atoms with Gasteiger partial charge in [-0.1, -0.05) is 31.5 Å². The normalized spacial score (nSPS) is 12.8. The van der Waals surface area contributed by atoms with Crippen molar-refractivity contribution in [3.63, 3.8) is 0 Å². The van der Waals surface area contributed by atoms with Crippen LogP contribution in [0.5, 0.6) is 0 Å². The molecule has 0 saturated carbocycles. The fourth-order valence-electron chi connectivity index (χ4n) is 2.08. The van der Waals surface area contributed by atoms with Crippen LogP contribution in [0.25, 0.3) is 0 Å². The highest BCUT2D eigenvalue weighted by Gasteiger charge is 2.05. The van der Waals surface area contributed by atoms with Gasteiger partial charge in [-0.3, -0.25) is 0 Å². The second-order valence-corrected chi connectivity index (χ2v) is 4.73. The number of hydrogen-bond acceptors (Lipinski definition) is 1. The van der Waals surface area contributed by atoms with Gasteiger partial charge in [0.15, 0.2) is 0 Å². The first kappa shape index (κ1) is 13.2. The van der Waals surface area contributed by atoms with Gasteiger partial charge in [-0.15, -0.1) is 0 Å². The zero-order valence-corrected chi connectivity index (χ0v) is 11.1. The van der Waals surface area contributed by atoms with Crippen molar-refractivity contribution >= 4 is 0 Å². The predicted molar refractivity (Wildman–Crippen MR) is 72.0 cm³/mol. The molecule has 1 rings (SSSR count). The lowest BCUT2D eigenvalue weighted by atomic mass is 9.99. The molecule has 0 aromatic heterocycles. The van der Waals surface area contributed by atoms with E-state index in [4.69, 9.17) is 0 Å². The van der Waals surface area contributed by atoms with E-state index in [0.717, 1.165) is 0 Å². The molecule has 16 heavy (non-hydrogen) atoms. The topological polar surface area (TPSA) is 12.0 Å². The second-order valence-electron chi connectivity index (χ2n) is 4.73. The Morgan fingerprint density at radius 3 is 2.44 bits per heavy atom. The third-order valence-corrected chi connectivity index (χ3v) is 3.40. The summed E-state index contributed by atoms with van der Waals surface area (Å²) in [5, 5.41) is 3.40. The molecular formula is C15H25N. The lowest BCUT2D eigenvalue weighted by Crippen LogP contribution is -2.25. The van der Waals surface area contributed by atoms with E-state index in [2.05, 4.69) is 51.3 Å². The Hall–Kier alpha value is -0.820. The van der Waals surface area contributed by atoms with Crippen molar-refractivity contribution in [3.05, 3.63) is 34.9 Å². The first-order valence-electron chi connectivity index (χ1n) is 6.40. The van der Waals surface area contributed by atoms with Crippen molar-refractivity contribution in [2.24, 2.45) is 0 Å². The van der Waals surface area contributed by atoms with E-state index >= 15 is 0 Å². The summed E-state index contributed by atoms with van der Waals surface area (Å²) >= 11 is 0. The van der Waals surface area contributed by atoms with E-state index in [-0.39, 0.29) is 0 Å². The van der Waals surface area contributed by atoms with Gasteiger partial charge in [-0.2, -0.15) is 0 Å². The molecule has 0 heterocycles. The molecule has 0 aliphatic rings. The van der Waals surface area contributed by atoms with Crippen molar-refractivity contribution in [1.82, 2.24) is 5.32 Å². The van der Waals surface area contributed by atoms with Crippen LogP contribution in [-0.2, 0) is 6.42 Å². The molecule has 0 aliphatic heterocycles. The van der Waals surface area contributed by atoms with Crippen LogP contribution >= 0.6 is 0 Å². The van der Waals surface area contributed by atoms with Crippen molar-refractivity contribution in [3.8, 4) is 0 Å². The van der Waals surface area contributed by atoms with Gasteiger partial charge >= 0.3 is 0 Å². The number of rotatable bonds is 6. The van der Waals surface area contributed by atoms with E-state index < -0.39 is 0 Å². The third kappa shape index (κ3) is 3.97. The van der Waals surface area contributed by atoms with Crippen molar-refractivity contribution in [1.29, 1.82) is 0 Å². The zero-order chi connectivity index (χ0) is 12.0. The monoisotopic (exact) mass is 219 g/mol. The molecule has 0 bridgehead atoms. The smallest absolute Gasteiger partial charge is 0.00671 e. The number of hydrogen-bond donors (Lipinski definition) is 1. The Bertz CT molecular complexity index is 317. The fourth-order valence-corrected chi connectivity index (χ4v) is 2.08. The van der Waals surface area contributed by atoms with E-state index in [9.17, 15) is 0 Å². The Kier molecular flexibility index (Phi) is 5.54. The largest absolute Gasteiger partial charge is 0.317 e. The van der Waals surface area contributed by atoms with E-state index in [0.29, 0.717) is 6.04 Å². The van der Waals surface area contributed by atoms with Gasteiger partial charge in [0.1, 0.15) is 0 Å². The summed E-state index contributed by atoms with van der Waals surface area (Å²) in [4.78, 5) is 0. The van der Waals surface area contributed by atoms with Crippen LogP contribution in [0.4, 0.5) is 0 Å². The molecule has 0 spiro atoms. The molecule has 0 radical (unpaired) electrons. The quantitative estimate of drug-likeness (QED) is 0.770. The summed E-state index contributed by atoms with van der Waals surface area (Å²) in [5.74, 6) is 0. The first-order valence-corrected chi connectivity index (χ1v) is 6.40. The molecule has 1 unspecified atom stereocenters. The van der Waals surface area contributed by atoms with Crippen LogP contribution in [0, 0.1) is 13.8 Å². The van der Waals surface area contributed by atoms with E-state index in [1.54, 1.807) is 0 Å². The Labute approximate surface area is 100 Å². The van der Waals surface area contributed by atoms with Crippen LogP contribution in [-0.4, -0.2) is 13.1 Å². The minimum Gasteiger partial charge on any atom is -0.317 e. The Balaban J connectivity index is 2.50. The van der Waals surface area contributed by atoms with Gasteiger partial charge in [-0.05, 0) is 56.8 Å². The summed E-state index contributed by atoms with van der Waals surface area (Å²) in [6.45, 7) is 6.62. The van der Waals surface area contributed by atoms with Crippen molar-refractivity contribution in [2.75, 3.05) is 7.05 Å². The molecule has 1 heteroatoms. The van der Waals surface area contributed by atoms with Crippen molar-refractivity contribution in [2.45, 2.75) is 52.5 Å². The average molecular weight is 219 g/mol. The van der Waals surface area contributed by atoms with Crippen LogP contribution in [0.1, 0.15) is 42.9 Å². The van der Waals surface area contributed by atoms with Gasteiger partial charge < -0.3 is 5.32 Å². The molecule has 0 amide bonds. The lowest BCUT2D eigenvalue weighted by Gasteiger charge is -2.15. The minimum absolute atomic E-state index is 0.673. The van der Waals surface area contributed by atoms with Gasteiger partial charge in [-0.25, -0.2) is 0 Å². The first-order chi connectivity index (χ1) is 7.67. The third-order valence-electron chi connectivity index (χ3n) is 3.40.